The molecule has 3 N–H and O–H groups in total. The number of halogens is 1. The highest BCUT2D eigenvalue weighted by atomic mass is 79.9. The van der Waals surface area contributed by atoms with Crippen molar-refractivity contribution in [3.05, 3.63) is 57.5 Å². The average Bonchev–Trinajstić information content (AvgIpc) is 3.16. The molecule has 2 aromatic heterocycles. The zero-order valence-corrected chi connectivity index (χ0v) is 14.1. The van der Waals surface area contributed by atoms with Crippen LogP contribution in [0.5, 0.6) is 5.75 Å². The van der Waals surface area contributed by atoms with E-state index in [2.05, 4.69) is 36.7 Å². The Kier molecular flexibility index (Phi) is 4.54. The molecule has 3 rings (SSSR count). The Morgan fingerprint density at radius 2 is 2.22 bits per heavy atom. The van der Waals surface area contributed by atoms with Crippen LogP contribution in [0.25, 0.3) is 10.6 Å². The highest BCUT2D eigenvalue weighted by Crippen LogP contribution is 2.30. The van der Waals surface area contributed by atoms with Gasteiger partial charge in [-0.05, 0) is 51.8 Å². The molecule has 0 saturated carbocycles. The zero-order chi connectivity index (χ0) is 16.2. The van der Waals surface area contributed by atoms with Crippen LogP contribution in [0.15, 0.2) is 51.4 Å². The number of amides is 1. The lowest BCUT2D eigenvalue weighted by Crippen LogP contribution is -2.17. The molecule has 3 aromatic rings. The number of thiophene rings is 1. The van der Waals surface area contributed by atoms with E-state index < -0.39 is 5.91 Å². The number of carbonyl (C=O) groups is 1. The lowest BCUT2D eigenvalue weighted by Gasteiger charge is -1.96. The molecule has 1 aromatic carbocycles. The van der Waals surface area contributed by atoms with Gasteiger partial charge in [0.15, 0.2) is 5.69 Å². The molecule has 0 atom stereocenters. The third kappa shape index (κ3) is 3.85. The SMILES string of the molecule is O=C(N/N=C\c1cccc(O)c1)c1cc(-c2ccc(Br)s2)[nH]n1. The van der Waals surface area contributed by atoms with Gasteiger partial charge in [0, 0.05) is 0 Å². The quantitative estimate of drug-likeness (QED) is 0.471. The number of hydrazone groups is 1. The molecule has 0 aliphatic heterocycles. The lowest BCUT2D eigenvalue weighted by molar-refractivity contribution is 0.0950. The van der Waals surface area contributed by atoms with Gasteiger partial charge in [0.25, 0.3) is 5.91 Å². The summed E-state index contributed by atoms with van der Waals surface area (Å²) in [5.74, 6) is -0.279. The minimum absolute atomic E-state index is 0.138. The van der Waals surface area contributed by atoms with Crippen LogP contribution in [0.1, 0.15) is 16.1 Å². The maximum atomic E-state index is 12.0. The summed E-state index contributed by atoms with van der Waals surface area (Å²) >= 11 is 4.94. The Balaban J connectivity index is 1.66. The molecular weight excluding hydrogens is 380 g/mol. The molecule has 0 radical (unpaired) electrons. The van der Waals surface area contributed by atoms with Crippen molar-refractivity contribution in [3.63, 3.8) is 0 Å². The van der Waals surface area contributed by atoms with Crippen LogP contribution >= 0.6 is 27.3 Å². The second-order valence-corrected chi connectivity index (χ2v) is 7.03. The number of phenols is 1. The second-order valence-electron chi connectivity index (χ2n) is 4.56. The first-order valence-corrected chi connectivity index (χ1v) is 8.16. The van der Waals surface area contributed by atoms with Crippen molar-refractivity contribution in [2.45, 2.75) is 0 Å². The van der Waals surface area contributed by atoms with E-state index in [0.29, 0.717) is 5.56 Å². The summed E-state index contributed by atoms with van der Waals surface area (Å²) in [5.41, 5.74) is 4.09. The van der Waals surface area contributed by atoms with Crippen LogP contribution in [0.4, 0.5) is 0 Å². The van der Waals surface area contributed by atoms with Gasteiger partial charge in [-0.15, -0.1) is 11.3 Å². The maximum Gasteiger partial charge on any atom is 0.291 e. The number of aromatic amines is 1. The van der Waals surface area contributed by atoms with Crippen molar-refractivity contribution in [3.8, 4) is 16.3 Å². The van der Waals surface area contributed by atoms with Crippen LogP contribution in [0, 0.1) is 0 Å². The van der Waals surface area contributed by atoms with E-state index in [9.17, 15) is 9.90 Å². The Bertz CT molecular complexity index is 872. The first kappa shape index (κ1) is 15.4. The Morgan fingerprint density at radius 1 is 1.35 bits per heavy atom. The molecule has 0 fully saturated rings. The first-order valence-electron chi connectivity index (χ1n) is 6.55. The van der Waals surface area contributed by atoms with Gasteiger partial charge >= 0.3 is 0 Å². The summed E-state index contributed by atoms with van der Waals surface area (Å²) < 4.78 is 1.00. The molecule has 0 spiro atoms. The standard InChI is InChI=1S/C15H11BrN4O2S/c16-14-5-4-13(23-14)11-7-12(19-18-11)15(22)20-17-8-9-2-1-3-10(21)6-9/h1-8,21H,(H,18,19)(H,20,22)/b17-8-. The number of aromatic hydroxyl groups is 1. The molecule has 0 bridgehead atoms. The molecule has 1 amide bonds. The van der Waals surface area contributed by atoms with Gasteiger partial charge in [0.05, 0.1) is 20.6 Å². The number of carbonyl (C=O) groups excluding carboxylic acids is 1. The van der Waals surface area contributed by atoms with Crippen LogP contribution in [-0.2, 0) is 0 Å². The number of phenolic OH excluding ortho intramolecular Hbond substituents is 1. The fraction of sp³-hybridized carbons (Fsp3) is 0. The van der Waals surface area contributed by atoms with Crippen LogP contribution in [0.3, 0.4) is 0 Å². The maximum absolute atomic E-state index is 12.0. The molecule has 0 saturated heterocycles. The average molecular weight is 391 g/mol. The number of rotatable bonds is 4. The number of H-pyrrole nitrogens is 1. The largest absolute Gasteiger partial charge is 0.508 e. The fourth-order valence-electron chi connectivity index (χ4n) is 1.85. The Labute approximate surface area is 144 Å². The van der Waals surface area contributed by atoms with Gasteiger partial charge in [-0.3, -0.25) is 9.89 Å². The van der Waals surface area contributed by atoms with Crippen molar-refractivity contribution in [2.75, 3.05) is 0 Å². The van der Waals surface area contributed by atoms with E-state index in [-0.39, 0.29) is 11.4 Å². The number of hydrogen-bond acceptors (Lipinski definition) is 5. The Hall–Kier alpha value is -2.45. The van der Waals surface area contributed by atoms with E-state index in [4.69, 9.17) is 0 Å². The molecule has 23 heavy (non-hydrogen) atoms. The van der Waals surface area contributed by atoms with Crippen LogP contribution in [0.2, 0.25) is 0 Å². The lowest BCUT2D eigenvalue weighted by atomic mass is 10.2. The topological polar surface area (TPSA) is 90.4 Å². The van der Waals surface area contributed by atoms with Gasteiger partial charge in [-0.2, -0.15) is 10.2 Å². The van der Waals surface area contributed by atoms with E-state index in [1.165, 1.54) is 12.3 Å². The summed E-state index contributed by atoms with van der Waals surface area (Å²) in [6.45, 7) is 0. The molecule has 0 unspecified atom stereocenters. The molecular formula is C15H11BrN4O2S. The molecule has 6 nitrogen and oxygen atoms in total. The van der Waals surface area contributed by atoms with E-state index in [0.717, 1.165) is 14.4 Å². The van der Waals surface area contributed by atoms with Crippen molar-refractivity contribution in [1.82, 2.24) is 15.6 Å². The number of benzene rings is 1. The van der Waals surface area contributed by atoms with Gasteiger partial charge < -0.3 is 5.11 Å². The number of nitrogens with one attached hydrogen (secondary N) is 2. The van der Waals surface area contributed by atoms with Crippen molar-refractivity contribution < 1.29 is 9.90 Å². The second kappa shape index (κ2) is 6.76. The van der Waals surface area contributed by atoms with Gasteiger partial charge in [-0.1, -0.05) is 12.1 Å². The minimum atomic E-state index is -0.417. The zero-order valence-electron chi connectivity index (χ0n) is 11.7. The predicted octanol–water partition coefficient (Wildman–Crippen LogP) is 3.37. The van der Waals surface area contributed by atoms with Crippen molar-refractivity contribution in [2.24, 2.45) is 5.10 Å². The number of nitrogens with zero attached hydrogens (tertiary/aromatic N) is 2. The third-order valence-electron chi connectivity index (χ3n) is 2.90. The summed E-state index contributed by atoms with van der Waals surface area (Å²) in [5, 5.41) is 20.0. The highest BCUT2D eigenvalue weighted by Gasteiger charge is 2.11. The highest BCUT2D eigenvalue weighted by molar-refractivity contribution is 9.11. The van der Waals surface area contributed by atoms with Gasteiger partial charge in [0.1, 0.15) is 5.75 Å². The van der Waals surface area contributed by atoms with E-state index in [1.807, 2.05) is 12.1 Å². The summed E-state index contributed by atoms with van der Waals surface area (Å²) in [6, 6.07) is 12.1. The normalized spacial score (nSPS) is 11.0. The molecule has 116 valence electrons. The molecule has 8 heteroatoms. The number of hydrogen-bond donors (Lipinski definition) is 3. The monoisotopic (exact) mass is 390 g/mol. The molecule has 0 aliphatic carbocycles. The predicted molar refractivity (Wildman–Crippen MR) is 92.8 cm³/mol. The van der Waals surface area contributed by atoms with E-state index in [1.54, 1.807) is 35.6 Å². The first-order chi connectivity index (χ1) is 11.1. The van der Waals surface area contributed by atoms with Crippen molar-refractivity contribution >= 4 is 39.4 Å². The van der Waals surface area contributed by atoms with Crippen LogP contribution in [-0.4, -0.2) is 27.4 Å². The smallest absolute Gasteiger partial charge is 0.291 e. The Morgan fingerprint density at radius 3 is 2.96 bits per heavy atom. The summed E-state index contributed by atoms with van der Waals surface area (Å²) in [4.78, 5) is 13.0. The van der Waals surface area contributed by atoms with Gasteiger partial charge in [-0.25, -0.2) is 5.43 Å². The van der Waals surface area contributed by atoms with Crippen molar-refractivity contribution in [1.29, 1.82) is 0 Å². The number of aromatic nitrogens is 2. The summed E-state index contributed by atoms with van der Waals surface area (Å²) in [6.07, 6.45) is 1.45. The molecule has 0 aliphatic rings. The fourth-order valence-corrected chi connectivity index (χ4v) is 3.20. The van der Waals surface area contributed by atoms with E-state index >= 15 is 0 Å². The molecule has 2 heterocycles. The van der Waals surface area contributed by atoms with Gasteiger partial charge in [0.2, 0.25) is 0 Å². The third-order valence-corrected chi connectivity index (χ3v) is 4.56. The summed E-state index contributed by atoms with van der Waals surface area (Å²) in [7, 11) is 0. The minimum Gasteiger partial charge on any atom is -0.508 e. The van der Waals surface area contributed by atoms with Crippen LogP contribution < -0.4 is 5.43 Å².